The van der Waals surface area contributed by atoms with Crippen molar-refractivity contribution in [3.63, 3.8) is 0 Å². The molecule has 0 amide bonds. The fraction of sp³-hybridized carbons (Fsp3) is 0.615. The molecule has 0 radical (unpaired) electrons. The van der Waals surface area contributed by atoms with Crippen LogP contribution in [0.25, 0.3) is 0 Å². The van der Waals surface area contributed by atoms with E-state index in [1.54, 1.807) is 6.92 Å². The predicted octanol–water partition coefficient (Wildman–Crippen LogP) is 2.47. The van der Waals surface area contributed by atoms with E-state index in [9.17, 15) is 4.79 Å². The normalized spacial score (nSPS) is 23.7. The van der Waals surface area contributed by atoms with E-state index in [0.29, 0.717) is 23.6 Å². The number of carbonyl (C=O) groups is 1. The molecule has 0 bridgehead atoms. The molecule has 1 aromatic rings. The van der Waals surface area contributed by atoms with Crippen LogP contribution in [-0.2, 0) is 0 Å². The Hall–Kier alpha value is -1.65. The lowest BCUT2D eigenvalue weighted by atomic mass is 9.87. The highest BCUT2D eigenvalue weighted by molar-refractivity contribution is 5.92. The van der Waals surface area contributed by atoms with Crippen molar-refractivity contribution in [1.29, 1.82) is 0 Å². The molecule has 1 fully saturated rings. The zero-order valence-corrected chi connectivity index (χ0v) is 10.8. The van der Waals surface area contributed by atoms with E-state index in [4.69, 9.17) is 5.11 Å². The number of carboxylic acid groups (broad SMARTS) is 1. The van der Waals surface area contributed by atoms with Gasteiger partial charge in [0.05, 0.1) is 0 Å². The molecule has 1 saturated carbocycles. The smallest absolute Gasteiger partial charge is 0.341 e. The third-order valence-electron chi connectivity index (χ3n) is 3.42. The number of aryl methyl sites for hydroxylation is 1. The van der Waals surface area contributed by atoms with E-state index < -0.39 is 5.97 Å². The molecule has 1 aliphatic rings. The average Bonchev–Trinajstić information content (AvgIpc) is 2.28. The van der Waals surface area contributed by atoms with Crippen LogP contribution < -0.4 is 5.32 Å². The fourth-order valence-corrected chi connectivity index (χ4v) is 2.50. The first-order chi connectivity index (χ1) is 8.56. The van der Waals surface area contributed by atoms with Crippen molar-refractivity contribution in [1.82, 2.24) is 9.97 Å². The molecule has 18 heavy (non-hydrogen) atoms. The first-order valence-corrected chi connectivity index (χ1v) is 6.39. The molecule has 2 N–H and O–H groups in total. The van der Waals surface area contributed by atoms with Crippen LogP contribution in [-0.4, -0.2) is 27.1 Å². The van der Waals surface area contributed by atoms with Gasteiger partial charge in [0, 0.05) is 12.2 Å². The Labute approximate surface area is 107 Å². The van der Waals surface area contributed by atoms with Crippen LogP contribution in [0.2, 0.25) is 0 Å². The van der Waals surface area contributed by atoms with E-state index in [0.717, 1.165) is 12.8 Å². The summed E-state index contributed by atoms with van der Waals surface area (Å²) in [5, 5.41) is 12.4. The zero-order valence-electron chi connectivity index (χ0n) is 10.8. The van der Waals surface area contributed by atoms with Gasteiger partial charge in [-0.25, -0.2) is 14.8 Å². The number of nitrogens with zero attached hydrogens (tertiary/aromatic N) is 2. The second-order valence-electron chi connectivity index (χ2n) is 5.10. The minimum atomic E-state index is -0.985. The molecule has 0 aliphatic heterocycles. The quantitative estimate of drug-likeness (QED) is 0.860. The van der Waals surface area contributed by atoms with Gasteiger partial charge in [0.1, 0.15) is 17.2 Å². The van der Waals surface area contributed by atoms with Gasteiger partial charge in [-0.3, -0.25) is 0 Å². The van der Waals surface area contributed by atoms with Gasteiger partial charge in [-0.15, -0.1) is 0 Å². The topological polar surface area (TPSA) is 75.1 Å². The highest BCUT2D eigenvalue weighted by atomic mass is 16.4. The van der Waals surface area contributed by atoms with Crippen molar-refractivity contribution in [2.75, 3.05) is 5.32 Å². The Balaban J connectivity index is 2.16. The summed E-state index contributed by atoms with van der Waals surface area (Å²) in [5.41, 5.74) is 0.152. The average molecular weight is 249 g/mol. The number of hydrogen-bond acceptors (Lipinski definition) is 4. The van der Waals surface area contributed by atoms with Gasteiger partial charge in [-0.1, -0.05) is 19.8 Å². The van der Waals surface area contributed by atoms with Crippen LogP contribution in [0.3, 0.4) is 0 Å². The number of rotatable bonds is 3. The Bertz CT molecular complexity index is 448. The van der Waals surface area contributed by atoms with Crippen molar-refractivity contribution in [3.8, 4) is 0 Å². The molecule has 5 heteroatoms. The molecule has 2 atom stereocenters. The molecule has 5 nitrogen and oxygen atoms in total. The molecule has 0 spiro atoms. The SMILES string of the molecule is Cc1ncc(C(=O)O)c(NC2CCCC(C)C2)n1. The van der Waals surface area contributed by atoms with E-state index in [-0.39, 0.29) is 5.56 Å². The second-order valence-corrected chi connectivity index (χ2v) is 5.10. The summed E-state index contributed by atoms with van der Waals surface area (Å²) >= 11 is 0. The van der Waals surface area contributed by atoms with Crippen molar-refractivity contribution in [2.24, 2.45) is 5.92 Å². The maximum atomic E-state index is 11.1. The lowest BCUT2D eigenvalue weighted by molar-refractivity contribution is 0.0697. The molecule has 1 aromatic heterocycles. The Morgan fingerprint density at radius 2 is 2.28 bits per heavy atom. The monoisotopic (exact) mass is 249 g/mol. The van der Waals surface area contributed by atoms with Gasteiger partial charge in [0.2, 0.25) is 0 Å². The third kappa shape index (κ3) is 2.97. The summed E-state index contributed by atoms with van der Waals surface area (Å²) in [6, 6.07) is 0.321. The molecule has 1 heterocycles. The Morgan fingerprint density at radius 1 is 1.50 bits per heavy atom. The lowest BCUT2D eigenvalue weighted by Gasteiger charge is -2.28. The molecular weight excluding hydrogens is 230 g/mol. The highest BCUT2D eigenvalue weighted by Crippen LogP contribution is 2.26. The van der Waals surface area contributed by atoms with E-state index in [1.807, 2.05) is 0 Å². The van der Waals surface area contributed by atoms with Gasteiger partial charge in [-0.05, 0) is 25.7 Å². The van der Waals surface area contributed by atoms with Crippen molar-refractivity contribution in [3.05, 3.63) is 17.6 Å². The van der Waals surface area contributed by atoms with Gasteiger partial charge in [-0.2, -0.15) is 0 Å². The fourth-order valence-electron chi connectivity index (χ4n) is 2.50. The van der Waals surface area contributed by atoms with E-state index in [1.165, 1.54) is 19.0 Å². The first-order valence-electron chi connectivity index (χ1n) is 6.39. The molecule has 0 aromatic carbocycles. The van der Waals surface area contributed by atoms with Crippen molar-refractivity contribution >= 4 is 11.8 Å². The van der Waals surface area contributed by atoms with Gasteiger partial charge in [0.25, 0.3) is 0 Å². The summed E-state index contributed by atoms with van der Waals surface area (Å²) in [5.74, 6) is 0.745. The molecule has 0 saturated heterocycles. The van der Waals surface area contributed by atoms with Gasteiger partial charge in [0.15, 0.2) is 0 Å². The Morgan fingerprint density at radius 3 is 2.94 bits per heavy atom. The molecule has 2 rings (SSSR count). The summed E-state index contributed by atoms with van der Waals surface area (Å²) in [7, 11) is 0. The maximum Gasteiger partial charge on any atom is 0.341 e. The summed E-state index contributed by atoms with van der Waals surface area (Å²) in [6.07, 6.45) is 5.96. The minimum absolute atomic E-state index is 0.152. The van der Waals surface area contributed by atoms with Crippen molar-refractivity contribution in [2.45, 2.75) is 45.6 Å². The number of hydrogen-bond donors (Lipinski definition) is 2. The van der Waals surface area contributed by atoms with Crippen LogP contribution in [0.5, 0.6) is 0 Å². The van der Waals surface area contributed by atoms with Crippen molar-refractivity contribution < 1.29 is 9.90 Å². The zero-order chi connectivity index (χ0) is 13.1. The third-order valence-corrected chi connectivity index (χ3v) is 3.42. The van der Waals surface area contributed by atoms with Crippen LogP contribution in [0, 0.1) is 12.8 Å². The summed E-state index contributed by atoms with van der Waals surface area (Å²) in [4.78, 5) is 19.3. The van der Waals surface area contributed by atoms with Gasteiger partial charge < -0.3 is 10.4 Å². The highest BCUT2D eigenvalue weighted by Gasteiger charge is 2.21. The minimum Gasteiger partial charge on any atom is -0.477 e. The molecule has 2 unspecified atom stereocenters. The lowest BCUT2D eigenvalue weighted by Crippen LogP contribution is -2.27. The van der Waals surface area contributed by atoms with E-state index in [2.05, 4.69) is 22.2 Å². The number of carboxylic acids is 1. The van der Waals surface area contributed by atoms with E-state index >= 15 is 0 Å². The van der Waals surface area contributed by atoms with Crippen LogP contribution in [0.15, 0.2) is 6.20 Å². The summed E-state index contributed by atoms with van der Waals surface area (Å²) < 4.78 is 0. The maximum absolute atomic E-state index is 11.1. The Kier molecular flexibility index (Phi) is 3.79. The number of nitrogens with one attached hydrogen (secondary N) is 1. The largest absolute Gasteiger partial charge is 0.477 e. The second kappa shape index (κ2) is 5.33. The van der Waals surface area contributed by atoms with Crippen LogP contribution in [0.1, 0.15) is 48.8 Å². The molecule has 1 aliphatic carbocycles. The summed E-state index contributed by atoms with van der Waals surface area (Å²) in [6.45, 7) is 4.00. The number of aromatic nitrogens is 2. The number of anilines is 1. The van der Waals surface area contributed by atoms with Gasteiger partial charge >= 0.3 is 5.97 Å². The first kappa shape index (κ1) is 12.8. The molecule has 98 valence electrons. The number of aromatic carboxylic acids is 1. The van der Waals surface area contributed by atoms with Crippen LogP contribution >= 0.6 is 0 Å². The predicted molar refractivity (Wildman–Crippen MR) is 68.8 cm³/mol. The molecular formula is C13H19N3O2. The standard InChI is InChI=1S/C13H19N3O2/c1-8-4-3-5-10(6-8)16-12-11(13(17)18)7-14-9(2)15-12/h7-8,10H,3-6H2,1-2H3,(H,17,18)(H,14,15,16). The van der Waals surface area contributed by atoms with Crippen LogP contribution in [0.4, 0.5) is 5.82 Å².